The molecular formula is C16H21BN2O5. The Hall–Kier alpha value is -1.77. The number of hydrogen-bond acceptors (Lipinski definition) is 6. The fraction of sp³-hybridized carbons (Fsp3) is 0.562. The van der Waals surface area contributed by atoms with Crippen LogP contribution in [-0.2, 0) is 6.42 Å². The summed E-state index contributed by atoms with van der Waals surface area (Å²) in [6.45, 7) is 2.18. The van der Waals surface area contributed by atoms with Crippen LogP contribution in [0.1, 0.15) is 28.8 Å². The second kappa shape index (κ2) is 5.65. The van der Waals surface area contributed by atoms with Crippen molar-refractivity contribution >= 4 is 13.1 Å². The Morgan fingerprint density at radius 3 is 2.83 bits per heavy atom. The summed E-state index contributed by atoms with van der Waals surface area (Å²) in [6.07, 6.45) is 3.26. The van der Waals surface area contributed by atoms with Gasteiger partial charge in [-0.25, -0.2) is 4.79 Å². The van der Waals surface area contributed by atoms with Gasteiger partial charge in [-0.3, -0.25) is 4.90 Å². The Bertz CT molecular complexity index is 673. The number of fused-ring (bicyclic) bond motifs is 1. The van der Waals surface area contributed by atoms with Crippen LogP contribution in [0.15, 0.2) is 12.1 Å². The molecule has 4 rings (SSSR count). The molecule has 3 aliphatic rings. The predicted molar refractivity (Wildman–Crippen MR) is 87.5 cm³/mol. The number of carbonyl (C=O) groups is 1. The Morgan fingerprint density at radius 2 is 2.21 bits per heavy atom. The SMILES string of the molecule is NCC1(N2CC(Oc3ccc4c(c3C(=O)O)OB(O)CC4)C2)CC1. The molecule has 1 saturated heterocycles. The minimum Gasteiger partial charge on any atom is -0.535 e. The number of benzene rings is 1. The van der Waals surface area contributed by atoms with Crippen molar-refractivity contribution in [3.05, 3.63) is 23.3 Å². The number of carboxylic acid groups (broad SMARTS) is 1. The summed E-state index contributed by atoms with van der Waals surface area (Å²) in [4.78, 5) is 14.0. The highest BCUT2D eigenvalue weighted by Crippen LogP contribution is 2.44. The molecule has 4 N–H and O–H groups in total. The lowest BCUT2D eigenvalue weighted by Crippen LogP contribution is -2.60. The van der Waals surface area contributed by atoms with E-state index in [2.05, 4.69) is 4.90 Å². The van der Waals surface area contributed by atoms with Crippen LogP contribution in [0.2, 0.25) is 6.32 Å². The van der Waals surface area contributed by atoms with Gasteiger partial charge in [0.25, 0.3) is 0 Å². The van der Waals surface area contributed by atoms with Gasteiger partial charge in [0.2, 0.25) is 0 Å². The zero-order valence-electron chi connectivity index (χ0n) is 13.4. The van der Waals surface area contributed by atoms with Gasteiger partial charge in [0.15, 0.2) is 0 Å². The minimum atomic E-state index is -1.10. The van der Waals surface area contributed by atoms with Crippen LogP contribution in [0.3, 0.4) is 0 Å². The molecule has 1 saturated carbocycles. The number of aryl methyl sites for hydroxylation is 1. The van der Waals surface area contributed by atoms with E-state index in [0.29, 0.717) is 25.0 Å². The Morgan fingerprint density at radius 1 is 1.46 bits per heavy atom. The quantitative estimate of drug-likeness (QED) is 0.668. The number of ether oxygens (including phenoxy) is 1. The average molecular weight is 332 g/mol. The first-order valence-electron chi connectivity index (χ1n) is 8.38. The second-order valence-electron chi connectivity index (χ2n) is 6.92. The van der Waals surface area contributed by atoms with Crippen molar-refractivity contribution in [3.8, 4) is 11.5 Å². The van der Waals surface area contributed by atoms with E-state index in [1.54, 1.807) is 6.07 Å². The van der Waals surface area contributed by atoms with Gasteiger partial charge in [-0.1, -0.05) is 6.07 Å². The zero-order valence-corrected chi connectivity index (χ0v) is 13.4. The van der Waals surface area contributed by atoms with Gasteiger partial charge in [0, 0.05) is 25.2 Å². The summed E-state index contributed by atoms with van der Waals surface area (Å²) in [5.74, 6) is -0.569. The molecule has 1 aromatic rings. The van der Waals surface area contributed by atoms with Crippen LogP contribution in [0.4, 0.5) is 0 Å². The van der Waals surface area contributed by atoms with E-state index >= 15 is 0 Å². The lowest BCUT2D eigenvalue weighted by molar-refractivity contribution is -0.0165. The monoisotopic (exact) mass is 332 g/mol. The van der Waals surface area contributed by atoms with Gasteiger partial charge in [-0.15, -0.1) is 0 Å². The van der Waals surface area contributed by atoms with Crippen molar-refractivity contribution < 1.29 is 24.3 Å². The highest BCUT2D eigenvalue weighted by atomic mass is 16.5. The standard InChI is InChI=1S/C16H21BN2O5/c18-9-16(4-5-16)19-7-11(8-19)23-12-2-1-10-3-6-17(22)24-14(10)13(12)15(20)21/h1-2,11,22H,3-9,18H2,(H,20,21). The number of aromatic carboxylic acids is 1. The van der Waals surface area contributed by atoms with Gasteiger partial charge in [-0.2, -0.15) is 0 Å². The van der Waals surface area contributed by atoms with Crippen molar-refractivity contribution in [2.75, 3.05) is 19.6 Å². The van der Waals surface area contributed by atoms with E-state index in [1.807, 2.05) is 6.07 Å². The van der Waals surface area contributed by atoms with Crippen LogP contribution < -0.4 is 15.1 Å². The van der Waals surface area contributed by atoms with Gasteiger partial charge in [0.1, 0.15) is 23.2 Å². The summed E-state index contributed by atoms with van der Waals surface area (Å²) < 4.78 is 11.3. The molecule has 0 amide bonds. The molecule has 1 aliphatic carbocycles. The minimum absolute atomic E-state index is 0.00431. The van der Waals surface area contributed by atoms with E-state index in [-0.39, 0.29) is 23.0 Å². The number of hydrogen-bond donors (Lipinski definition) is 3. The fourth-order valence-corrected chi connectivity index (χ4v) is 3.59. The number of nitrogens with two attached hydrogens (primary N) is 1. The maximum absolute atomic E-state index is 11.7. The van der Waals surface area contributed by atoms with Crippen LogP contribution in [0.25, 0.3) is 0 Å². The zero-order chi connectivity index (χ0) is 16.9. The van der Waals surface area contributed by atoms with Crippen LogP contribution in [0, 0.1) is 0 Å². The van der Waals surface area contributed by atoms with Crippen molar-refractivity contribution in [3.63, 3.8) is 0 Å². The Labute approximate surface area is 140 Å². The van der Waals surface area contributed by atoms with E-state index in [4.69, 9.17) is 15.1 Å². The molecule has 0 bridgehead atoms. The third-order valence-electron chi connectivity index (χ3n) is 5.35. The number of likely N-dealkylation sites (tertiary alicyclic amines) is 1. The van der Waals surface area contributed by atoms with E-state index in [0.717, 1.165) is 31.5 Å². The molecule has 0 atom stereocenters. The second-order valence-corrected chi connectivity index (χ2v) is 6.92. The normalized spacial score (nSPS) is 22.3. The summed E-state index contributed by atoms with van der Waals surface area (Å²) in [5.41, 5.74) is 6.78. The highest BCUT2D eigenvalue weighted by molar-refractivity contribution is 6.44. The topological polar surface area (TPSA) is 105 Å². The molecule has 7 nitrogen and oxygen atoms in total. The fourth-order valence-electron chi connectivity index (χ4n) is 3.59. The third kappa shape index (κ3) is 2.55. The summed E-state index contributed by atoms with van der Waals surface area (Å²) >= 11 is 0. The molecule has 128 valence electrons. The summed E-state index contributed by atoms with van der Waals surface area (Å²) in [5, 5.41) is 19.2. The molecule has 0 unspecified atom stereocenters. The van der Waals surface area contributed by atoms with E-state index < -0.39 is 13.1 Å². The molecule has 24 heavy (non-hydrogen) atoms. The lowest BCUT2D eigenvalue weighted by atomic mass is 9.78. The number of rotatable bonds is 5. The molecule has 1 aromatic carbocycles. The van der Waals surface area contributed by atoms with Crippen LogP contribution in [-0.4, -0.2) is 59.4 Å². The summed E-state index contributed by atoms with van der Waals surface area (Å²) in [7, 11) is -0.968. The number of carboxylic acids is 1. The van der Waals surface area contributed by atoms with Gasteiger partial charge in [0.05, 0.1) is 0 Å². The predicted octanol–water partition coefficient (Wildman–Crippen LogP) is 0.354. The van der Waals surface area contributed by atoms with Gasteiger partial charge < -0.3 is 25.3 Å². The smallest absolute Gasteiger partial charge is 0.522 e. The van der Waals surface area contributed by atoms with Crippen molar-refractivity contribution in [2.24, 2.45) is 5.73 Å². The van der Waals surface area contributed by atoms with Crippen molar-refractivity contribution in [2.45, 2.75) is 37.2 Å². The highest BCUT2D eigenvalue weighted by Gasteiger charge is 2.51. The number of nitrogens with zero attached hydrogens (tertiary/aromatic N) is 1. The first-order valence-corrected chi connectivity index (χ1v) is 8.38. The maximum Gasteiger partial charge on any atom is 0.522 e. The van der Waals surface area contributed by atoms with Gasteiger partial charge in [-0.05, 0) is 37.2 Å². The molecule has 0 radical (unpaired) electrons. The van der Waals surface area contributed by atoms with Crippen molar-refractivity contribution in [1.29, 1.82) is 0 Å². The van der Waals surface area contributed by atoms with Crippen LogP contribution >= 0.6 is 0 Å². The molecule has 2 heterocycles. The van der Waals surface area contributed by atoms with E-state index in [9.17, 15) is 14.9 Å². The molecule has 8 heteroatoms. The largest absolute Gasteiger partial charge is 0.535 e. The summed E-state index contributed by atoms with van der Waals surface area (Å²) in [6, 6.07) is 3.52. The molecule has 2 aliphatic heterocycles. The average Bonchev–Trinajstić information content (AvgIpc) is 3.30. The Balaban J connectivity index is 1.52. The van der Waals surface area contributed by atoms with Gasteiger partial charge >= 0.3 is 13.1 Å². The Kier molecular flexibility index (Phi) is 3.71. The van der Waals surface area contributed by atoms with E-state index in [1.165, 1.54) is 0 Å². The lowest BCUT2D eigenvalue weighted by Gasteiger charge is -2.44. The maximum atomic E-state index is 11.7. The molecule has 0 aromatic heterocycles. The van der Waals surface area contributed by atoms with Crippen molar-refractivity contribution in [1.82, 2.24) is 4.90 Å². The third-order valence-corrected chi connectivity index (χ3v) is 5.35. The first kappa shape index (κ1) is 15.7. The molecular weight excluding hydrogens is 311 g/mol. The van der Waals surface area contributed by atoms with Crippen LogP contribution in [0.5, 0.6) is 11.5 Å². The molecule has 0 spiro atoms. The first-order chi connectivity index (χ1) is 11.5. The molecule has 2 fully saturated rings.